The van der Waals surface area contributed by atoms with Gasteiger partial charge in [0.2, 0.25) is 0 Å². The van der Waals surface area contributed by atoms with Crippen molar-refractivity contribution in [3.05, 3.63) is 60.2 Å². The zero-order chi connectivity index (χ0) is 12.1. The van der Waals surface area contributed by atoms with Crippen molar-refractivity contribution < 1.29 is 13.5 Å². The second-order valence-corrected chi connectivity index (χ2v) is 4.41. The van der Waals surface area contributed by atoms with Crippen LogP contribution in [0.25, 0.3) is 0 Å². The summed E-state index contributed by atoms with van der Waals surface area (Å²) in [7, 11) is 0. The Labute approximate surface area is 102 Å². The van der Waals surface area contributed by atoms with Crippen LogP contribution >= 0.6 is 0 Å². The third-order valence-electron chi connectivity index (χ3n) is 2.27. The van der Waals surface area contributed by atoms with Gasteiger partial charge in [-0.3, -0.25) is 0 Å². The standard InChI is InChI=1S/C13H12O3S/c14-17(15)13-9-5-4-8-12(13)16-10-11-6-2-1-3-7-11/h1-9H,10H2,(H,14,15). The summed E-state index contributed by atoms with van der Waals surface area (Å²) >= 11 is -2.02. The molecular formula is C13H12O3S. The van der Waals surface area contributed by atoms with Crippen molar-refractivity contribution in [1.82, 2.24) is 0 Å². The quantitative estimate of drug-likeness (QED) is 0.846. The van der Waals surface area contributed by atoms with E-state index in [-0.39, 0.29) is 0 Å². The monoisotopic (exact) mass is 248 g/mol. The SMILES string of the molecule is O=S(O)c1ccccc1OCc1ccccc1. The summed E-state index contributed by atoms with van der Waals surface area (Å²) < 4.78 is 25.7. The molecule has 1 N–H and O–H groups in total. The first-order chi connectivity index (χ1) is 8.27. The van der Waals surface area contributed by atoms with Crippen molar-refractivity contribution in [2.45, 2.75) is 11.5 Å². The lowest BCUT2D eigenvalue weighted by atomic mass is 10.2. The highest BCUT2D eigenvalue weighted by Crippen LogP contribution is 2.21. The molecule has 4 heteroatoms. The molecule has 0 spiro atoms. The maximum atomic E-state index is 11.1. The van der Waals surface area contributed by atoms with Crippen molar-refractivity contribution in [1.29, 1.82) is 0 Å². The minimum atomic E-state index is -2.02. The second-order valence-electron chi connectivity index (χ2n) is 3.47. The summed E-state index contributed by atoms with van der Waals surface area (Å²) in [6.07, 6.45) is 0. The van der Waals surface area contributed by atoms with E-state index < -0.39 is 11.1 Å². The average molecular weight is 248 g/mol. The van der Waals surface area contributed by atoms with Crippen molar-refractivity contribution in [3.63, 3.8) is 0 Å². The van der Waals surface area contributed by atoms with Gasteiger partial charge in [0.05, 0.1) is 0 Å². The molecule has 0 saturated carbocycles. The predicted octanol–water partition coefficient (Wildman–Crippen LogP) is 2.85. The van der Waals surface area contributed by atoms with Gasteiger partial charge in [0.25, 0.3) is 0 Å². The van der Waals surface area contributed by atoms with Crippen LogP contribution in [0.5, 0.6) is 5.75 Å². The molecule has 0 aliphatic rings. The molecule has 0 amide bonds. The topological polar surface area (TPSA) is 46.5 Å². The van der Waals surface area contributed by atoms with E-state index in [1.807, 2.05) is 30.3 Å². The van der Waals surface area contributed by atoms with E-state index >= 15 is 0 Å². The normalized spacial score (nSPS) is 12.1. The second kappa shape index (κ2) is 5.61. The van der Waals surface area contributed by atoms with Crippen LogP contribution in [0.4, 0.5) is 0 Å². The maximum absolute atomic E-state index is 11.1. The van der Waals surface area contributed by atoms with Gasteiger partial charge in [-0.2, -0.15) is 0 Å². The summed E-state index contributed by atoms with van der Waals surface area (Å²) in [4.78, 5) is 0.295. The van der Waals surface area contributed by atoms with E-state index in [0.29, 0.717) is 17.3 Å². The summed E-state index contributed by atoms with van der Waals surface area (Å²) in [6, 6.07) is 16.4. The van der Waals surface area contributed by atoms with Crippen LogP contribution in [0.3, 0.4) is 0 Å². The minimum absolute atomic E-state index is 0.295. The van der Waals surface area contributed by atoms with Gasteiger partial charge in [-0.1, -0.05) is 42.5 Å². The summed E-state index contributed by atoms with van der Waals surface area (Å²) in [5, 5.41) is 0. The number of para-hydroxylation sites is 1. The summed E-state index contributed by atoms with van der Waals surface area (Å²) in [6.45, 7) is 0.384. The number of ether oxygens (including phenoxy) is 1. The van der Waals surface area contributed by atoms with Crippen LogP contribution < -0.4 is 4.74 Å². The summed E-state index contributed by atoms with van der Waals surface area (Å²) in [5.41, 5.74) is 1.02. The number of hydrogen-bond acceptors (Lipinski definition) is 2. The lowest BCUT2D eigenvalue weighted by molar-refractivity contribution is 0.297. The van der Waals surface area contributed by atoms with Gasteiger partial charge < -0.3 is 9.29 Å². The number of benzene rings is 2. The van der Waals surface area contributed by atoms with Gasteiger partial charge in [-0.15, -0.1) is 0 Å². The highest BCUT2D eigenvalue weighted by atomic mass is 32.2. The Morgan fingerprint density at radius 2 is 1.65 bits per heavy atom. The van der Waals surface area contributed by atoms with E-state index in [1.165, 1.54) is 0 Å². The van der Waals surface area contributed by atoms with Gasteiger partial charge in [-0.25, -0.2) is 4.21 Å². The van der Waals surface area contributed by atoms with Gasteiger partial charge in [0.1, 0.15) is 17.3 Å². The predicted molar refractivity (Wildman–Crippen MR) is 66.3 cm³/mol. The molecule has 88 valence electrons. The molecule has 0 aliphatic heterocycles. The van der Waals surface area contributed by atoms with Crippen LogP contribution in [0.1, 0.15) is 5.56 Å². The number of rotatable bonds is 4. The Morgan fingerprint density at radius 1 is 1.00 bits per heavy atom. The average Bonchev–Trinajstić information content (AvgIpc) is 2.38. The lowest BCUT2D eigenvalue weighted by Gasteiger charge is -2.08. The van der Waals surface area contributed by atoms with E-state index in [9.17, 15) is 4.21 Å². The van der Waals surface area contributed by atoms with E-state index in [0.717, 1.165) is 5.56 Å². The first kappa shape index (κ1) is 11.8. The number of hydrogen-bond donors (Lipinski definition) is 1. The van der Waals surface area contributed by atoms with E-state index in [1.54, 1.807) is 24.3 Å². The zero-order valence-corrected chi connectivity index (χ0v) is 9.89. The zero-order valence-electron chi connectivity index (χ0n) is 9.08. The highest BCUT2D eigenvalue weighted by molar-refractivity contribution is 7.79. The fourth-order valence-electron chi connectivity index (χ4n) is 1.45. The highest BCUT2D eigenvalue weighted by Gasteiger charge is 2.07. The molecule has 0 heterocycles. The molecule has 1 atom stereocenters. The van der Waals surface area contributed by atoms with E-state index in [4.69, 9.17) is 9.29 Å². The Hall–Kier alpha value is -1.65. The third-order valence-corrected chi connectivity index (χ3v) is 2.99. The molecule has 0 radical (unpaired) electrons. The van der Waals surface area contributed by atoms with Crippen molar-refractivity contribution in [2.75, 3.05) is 0 Å². The molecule has 0 bridgehead atoms. The third kappa shape index (κ3) is 3.15. The molecule has 0 fully saturated rings. The van der Waals surface area contributed by atoms with Gasteiger partial charge in [0.15, 0.2) is 11.1 Å². The fourth-order valence-corrected chi connectivity index (χ4v) is 1.94. The Morgan fingerprint density at radius 3 is 2.35 bits per heavy atom. The largest absolute Gasteiger partial charge is 0.488 e. The van der Waals surface area contributed by atoms with Gasteiger partial charge in [-0.05, 0) is 17.7 Å². The van der Waals surface area contributed by atoms with Gasteiger partial charge in [0, 0.05) is 0 Å². The fraction of sp³-hybridized carbons (Fsp3) is 0.0769. The molecule has 0 saturated heterocycles. The van der Waals surface area contributed by atoms with Crippen LogP contribution in [-0.4, -0.2) is 8.76 Å². The van der Waals surface area contributed by atoms with Gasteiger partial charge >= 0.3 is 0 Å². The molecule has 2 aromatic rings. The molecule has 2 rings (SSSR count). The van der Waals surface area contributed by atoms with Crippen LogP contribution in [0, 0.1) is 0 Å². The molecule has 0 aliphatic carbocycles. The first-order valence-electron chi connectivity index (χ1n) is 5.14. The Bertz CT molecular complexity index is 511. The Balaban J connectivity index is 2.12. The molecular weight excluding hydrogens is 236 g/mol. The van der Waals surface area contributed by atoms with Crippen molar-refractivity contribution in [2.24, 2.45) is 0 Å². The smallest absolute Gasteiger partial charge is 0.190 e. The Kier molecular flexibility index (Phi) is 3.90. The minimum Gasteiger partial charge on any atom is -0.488 e. The first-order valence-corrected chi connectivity index (χ1v) is 6.24. The molecule has 3 nitrogen and oxygen atoms in total. The molecule has 2 aromatic carbocycles. The van der Waals surface area contributed by atoms with Crippen molar-refractivity contribution in [3.8, 4) is 5.75 Å². The maximum Gasteiger partial charge on any atom is 0.190 e. The van der Waals surface area contributed by atoms with Crippen LogP contribution in [-0.2, 0) is 17.7 Å². The van der Waals surface area contributed by atoms with Crippen molar-refractivity contribution >= 4 is 11.1 Å². The van der Waals surface area contributed by atoms with Crippen LogP contribution in [0.15, 0.2) is 59.5 Å². The molecule has 0 aromatic heterocycles. The molecule has 1 unspecified atom stereocenters. The van der Waals surface area contributed by atoms with E-state index in [2.05, 4.69) is 0 Å². The molecule has 17 heavy (non-hydrogen) atoms. The van der Waals surface area contributed by atoms with Crippen LogP contribution in [0.2, 0.25) is 0 Å². The lowest BCUT2D eigenvalue weighted by Crippen LogP contribution is -1.99. The summed E-state index contributed by atoms with van der Waals surface area (Å²) in [5.74, 6) is 0.442.